The molecule has 0 N–H and O–H groups in total. The standard InChI is InChI=1S/C20H24O.CH3NO/c1-5-20(4,6-2)18-11-12-19(15(3)13-18)17-9-7-16(14-21)8-10-17;1-2-3/h7-14H,5-6H2,1-4H3;1H3. The van der Waals surface area contributed by atoms with Crippen molar-refractivity contribution in [3.8, 4) is 11.1 Å². The molecule has 24 heavy (non-hydrogen) atoms. The first kappa shape index (κ1) is 19.8. The van der Waals surface area contributed by atoms with Crippen LogP contribution in [0.15, 0.2) is 47.6 Å². The molecule has 2 aromatic carbocycles. The van der Waals surface area contributed by atoms with Crippen LogP contribution in [0.2, 0.25) is 0 Å². The predicted molar refractivity (Wildman–Crippen MR) is 102 cm³/mol. The Kier molecular flexibility index (Phi) is 7.50. The first-order valence-corrected chi connectivity index (χ1v) is 8.33. The number of carbonyl (C=O) groups is 1. The molecule has 0 amide bonds. The highest BCUT2D eigenvalue weighted by atomic mass is 16.2. The second-order valence-corrected chi connectivity index (χ2v) is 6.22. The van der Waals surface area contributed by atoms with Crippen molar-refractivity contribution in [1.82, 2.24) is 0 Å². The Morgan fingerprint density at radius 1 is 1.04 bits per heavy atom. The lowest BCUT2D eigenvalue weighted by atomic mass is 9.77. The highest BCUT2D eigenvalue weighted by Crippen LogP contribution is 2.34. The number of benzene rings is 2. The van der Waals surface area contributed by atoms with Gasteiger partial charge in [0.05, 0.1) is 7.05 Å². The van der Waals surface area contributed by atoms with Gasteiger partial charge in [0.15, 0.2) is 0 Å². The van der Waals surface area contributed by atoms with Crippen LogP contribution < -0.4 is 0 Å². The number of hydrogen-bond donors (Lipinski definition) is 0. The number of rotatable bonds is 5. The number of aldehydes is 1. The minimum absolute atomic E-state index is 0.255. The van der Waals surface area contributed by atoms with Gasteiger partial charge in [0, 0.05) is 5.56 Å². The van der Waals surface area contributed by atoms with Gasteiger partial charge in [-0.3, -0.25) is 4.79 Å². The van der Waals surface area contributed by atoms with Gasteiger partial charge in [0.25, 0.3) is 0 Å². The van der Waals surface area contributed by atoms with E-state index in [-0.39, 0.29) is 5.41 Å². The van der Waals surface area contributed by atoms with E-state index in [2.05, 4.69) is 51.1 Å². The molecule has 0 bridgehead atoms. The molecule has 0 aromatic heterocycles. The number of carbonyl (C=O) groups excluding carboxylic acids is 1. The summed E-state index contributed by atoms with van der Waals surface area (Å²) in [5.41, 5.74) is 6.09. The second kappa shape index (κ2) is 9.11. The molecule has 0 atom stereocenters. The molecule has 0 aliphatic carbocycles. The van der Waals surface area contributed by atoms with Crippen LogP contribution in [0.3, 0.4) is 0 Å². The fourth-order valence-corrected chi connectivity index (χ4v) is 2.76. The van der Waals surface area contributed by atoms with Crippen molar-refractivity contribution < 1.29 is 4.79 Å². The van der Waals surface area contributed by atoms with Crippen molar-refractivity contribution in [2.45, 2.75) is 46.0 Å². The van der Waals surface area contributed by atoms with Crippen LogP contribution in [0, 0.1) is 11.8 Å². The minimum Gasteiger partial charge on any atom is -0.298 e. The maximum Gasteiger partial charge on any atom is 0.150 e. The van der Waals surface area contributed by atoms with E-state index in [4.69, 9.17) is 4.91 Å². The molecule has 0 radical (unpaired) electrons. The van der Waals surface area contributed by atoms with Crippen molar-refractivity contribution in [3.63, 3.8) is 0 Å². The van der Waals surface area contributed by atoms with Crippen LogP contribution in [0.4, 0.5) is 0 Å². The van der Waals surface area contributed by atoms with Gasteiger partial charge < -0.3 is 0 Å². The highest BCUT2D eigenvalue weighted by Gasteiger charge is 2.22. The highest BCUT2D eigenvalue weighted by molar-refractivity contribution is 5.77. The van der Waals surface area contributed by atoms with Gasteiger partial charge in [0.2, 0.25) is 0 Å². The summed E-state index contributed by atoms with van der Waals surface area (Å²) in [4.78, 5) is 19.3. The van der Waals surface area contributed by atoms with Gasteiger partial charge in [-0.15, -0.1) is 0 Å². The summed E-state index contributed by atoms with van der Waals surface area (Å²) in [6, 6.07) is 14.6. The Morgan fingerprint density at radius 2 is 1.58 bits per heavy atom. The summed E-state index contributed by atoms with van der Waals surface area (Å²) in [6.45, 7) is 9.01. The molecule has 0 spiro atoms. The summed E-state index contributed by atoms with van der Waals surface area (Å²) < 4.78 is 0. The first-order valence-electron chi connectivity index (χ1n) is 8.33. The van der Waals surface area contributed by atoms with Gasteiger partial charge in [-0.05, 0) is 47.4 Å². The number of aryl methyl sites for hydroxylation is 1. The molecule has 2 rings (SSSR count). The number of nitrogens with zero attached hydrogens (tertiary/aromatic N) is 1. The van der Waals surface area contributed by atoms with Crippen molar-refractivity contribution in [2.75, 3.05) is 7.05 Å². The van der Waals surface area contributed by atoms with Crippen LogP contribution in [-0.4, -0.2) is 13.3 Å². The Hall–Kier alpha value is -2.29. The molecule has 3 nitrogen and oxygen atoms in total. The van der Waals surface area contributed by atoms with E-state index < -0.39 is 0 Å². The first-order chi connectivity index (χ1) is 11.4. The average molecular weight is 325 g/mol. The zero-order valence-electron chi connectivity index (χ0n) is 15.3. The van der Waals surface area contributed by atoms with Crippen LogP contribution in [-0.2, 0) is 5.41 Å². The lowest BCUT2D eigenvalue weighted by Gasteiger charge is -2.28. The smallest absolute Gasteiger partial charge is 0.150 e. The zero-order chi connectivity index (χ0) is 18.2. The summed E-state index contributed by atoms with van der Waals surface area (Å²) >= 11 is 0. The maximum atomic E-state index is 10.7. The molecule has 0 aliphatic rings. The summed E-state index contributed by atoms with van der Waals surface area (Å²) in [5, 5.41) is 2.25. The van der Waals surface area contributed by atoms with Crippen LogP contribution in [0.1, 0.15) is 55.1 Å². The summed E-state index contributed by atoms with van der Waals surface area (Å²) in [6.07, 6.45) is 3.18. The zero-order valence-corrected chi connectivity index (χ0v) is 15.3. The molecule has 128 valence electrons. The normalized spacial score (nSPS) is 10.5. The van der Waals surface area contributed by atoms with E-state index in [1.807, 2.05) is 24.3 Å². The van der Waals surface area contributed by atoms with Gasteiger partial charge in [-0.2, -0.15) is 4.91 Å². The van der Waals surface area contributed by atoms with Crippen LogP contribution in [0.25, 0.3) is 11.1 Å². The van der Waals surface area contributed by atoms with Gasteiger partial charge >= 0.3 is 0 Å². The average Bonchev–Trinajstić information content (AvgIpc) is 2.62. The number of nitroso groups, excluding NO2 is 1. The molecule has 0 saturated heterocycles. The fraction of sp³-hybridized carbons (Fsp3) is 0.381. The van der Waals surface area contributed by atoms with E-state index in [9.17, 15) is 4.79 Å². The molecule has 3 heteroatoms. The molecule has 2 aromatic rings. The molecule has 0 aliphatic heterocycles. The topological polar surface area (TPSA) is 46.5 Å². The van der Waals surface area contributed by atoms with Gasteiger partial charge in [-0.1, -0.05) is 68.4 Å². The van der Waals surface area contributed by atoms with Crippen molar-refractivity contribution in [1.29, 1.82) is 0 Å². The molecule has 0 heterocycles. The Balaban J connectivity index is 0.000000891. The van der Waals surface area contributed by atoms with Crippen LogP contribution >= 0.6 is 0 Å². The third-order valence-corrected chi connectivity index (χ3v) is 4.84. The van der Waals surface area contributed by atoms with E-state index >= 15 is 0 Å². The minimum atomic E-state index is 0.255. The third kappa shape index (κ3) is 4.60. The third-order valence-electron chi connectivity index (χ3n) is 4.84. The predicted octanol–water partition coefficient (Wildman–Crippen LogP) is 5.93. The fourth-order valence-electron chi connectivity index (χ4n) is 2.76. The van der Waals surface area contributed by atoms with Crippen molar-refractivity contribution >= 4 is 6.29 Å². The van der Waals surface area contributed by atoms with Crippen molar-refractivity contribution in [2.24, 2.45) is 5.18 Å². The molecule has 0 unspecified atom stereocenters. The summed E-state index contributed by atoms with van der Waals surface area (Å²) in [7, 11) is 1.19. The Morgan fingerprint density at radius 3 is 2.00 bits per heavy atom. The van der Waals surface area contributed by atoms with E-state index in [1.165, 1.54) is 29.3 Å². The van der Waals surface area contributed by atoms with E-state index in [0.717, 1.165) is 24.7 Å². The van der Waals surface area contributed by atoms with Gasteiger partial charge in [0.1, 0.15) is 6.29 Å². The molecular weight excluding hydrogens is 298 g/mol. The number of hydrogen-bond acceptors (Lipinski definition) is 3. The molecular formula is C21H27NO2. The quantitative estimate of drug-likeness (QED) is 0.505. The monoisotopic (exact) mass is 325 g/mol. The lowest BCUT2D eigenvalue weighted by Crippen LogP contribution is -2.19. The largest absolute Gasteiger partial charge is 0.298 e. The lowest BCUT2D eigenvalue weighted by molar-refractivity contribution is 0.112. The Bertz CT molecular complexity index is 671. The second-order valence-electron chi connectivity index (χ2n) is 6.22. The van der Waals surface area contributed by atoms with Crippen LogP contribution in [0.5, 0.6) is 0 Å². The SMILES string of the molecule is CCC(C)(CC)c1ccc(-c2ccc(C=O)cc2)c(C)c1.CN=O. The maximum absolute atomic E-state index is 10.7. The molecule has 0 saturated carbocycles. The van der Waals surface area contributed by atoms with E-state index in [0.29, 0.717) is 0 Å². The van der Waals surface area contributed by atoms with Crippen molar-refractivity contribution in [3.05, 3.63) is 64.1 Å². The summed E-state index contributed by atoms with van der Waals surface area (Å²) in [5.74, 6) is 0. The Labute approximate surface area is 145 Å². The molecule has 0 fully saturated rings. The van der Waals surface area contributed by atoms with E-state index in [1.54, 1.807) is 0 Å². The van der Waals surface area contributed by atoms with Gasteiger partial charge in [-0.25, -0.2) is 0 Å².